The quantitative estimate of drug-likeness (QED) is 0.706. The lowest BCUT2D eigenvalue weighted by atomic mass is 10.0. The fraction of sp³-hybridized carbons (Fsp3) is 0.333. The number of rotatable bonds is 3. The van der Waals surface area contributed by atoms with Crippen LogP contribution in [0.15, 0.2) is 24.3 Å². The average Bonchev–Trinajstić information content (AvgIpc) is 2.06. The van der Waals surface area contributed by atoms with Crippen LogP contribution in [0.2, 0.25) is 0 Å². The molecule has 2 N–H and O–H groups in total. The molecule has 0 fully saturated rings. The third-order valence-electron chi connectivity index (χ3n) is 1.78. The Morgan fingerprint density at radius 1 is 1.25 bits per heavy atom. The highest BCUT2D eigenvalue weighted by Crippen LogP contribution is 2.19. The van der Waals surface area contributed by atoms with Gasteiger partial charge in [-0.25, -0.2) is 0 Å². The lowest BCUT2D eigenvalue weighted by Crippen LogP contribution is -1.87. The Kier molecular flexibility index (Phi) is 3.51. The molecule has 66 valence electrons. The van der Waals surface area contributed by atoms with Crippen LogP contribution >= 0.6 is 8.96 Å². The number of benzene rings is 1. The lowest BCUT2D eigenvalue weighted by Gasteiger charge is -2.06. The van der Waals surface area contributed by atoms with E-state index in [0.717, 1.165) is 5.69 Å². The molecule has 0 aliphatic rings. The van der Waals surface area contributed by atoms with Gasteiger partial charge in [0.1, 0.15) is 8.96 Å². The van der Waals surface area contributed by atoms with Crippen molar-refractivity contribution in [1.82, 2.24) is 0 Å². The minimum Gasteiger partial charge on any atom is -0.357 e. The molecular formula is C9H14NOP. The van der Waals surface area contributed by atoms with E-state index in [1.165, 1.54) is 5.56 Å². The van der Waals surface area contributed by atoms with Gasteiger partial charge in [0.25, 0.3) is 0 Å². The number of anilines is 1. The van der Waals surface area contributed by atoms with E-state index >= 15 is 0 Å². The van der Waals surface area contributed by atoms with E-state index in [1.54, 1.807) is 0 Å². The summed E-state index contributed by atoms with van der Waals surface area (Å²) in [5.41, 5.74) is 2.29. The molecule has 0 aliphatic heterocycles. The molecule has 0 saturated carbocycles. The van der Waals surface area contributed by atoms with Gasteiger partial charge in [-0.3, -0.25) is 0 Å². The maximum atomic E-state index is 8.61. The molecule has 0 aromatic heterocycles. The molecule has 1 aromatic carbocycles. The van der Waals surface area contributed by atoms with Gasteiger partial charge in [0, 0.05) is 5.69 Å². The second kappa shape index (κ2) is 4.44. The Hall–Kier alpha value is -0.590. The lowest BCUT2D eigenvalue weighted by molar-refractivity contribution is 0.651. The van der Waals surface area contributed by atoms with Crippen LogP contribution in [0.4, 0.5) is 5.69 Å². The second-order valence-corrected chi connectivity index (χ2v) is 3.49. The first-order valence-corrected chi connectivity index (χ1v) is 4.94. The topological polar surface area (TPSA) is 32.3 Å². The molecule has 2 nitrogen and oxygen atoms in total. The Morgan fingerprint density at radius 2 is 1.83 bits per heavy atom. The van der Waals surface area contributed by atoms with Crippen molar-refractivity contribution in [3.8, 4) is 0 Å². The molecule has 0 bridgehead atoms. The number of nitrogens with one attached hydrogen (secondary N) is 1. The van der Waals surface area contributed by atoms with Crippen LogP contribution < -0.4 is 5.09 Å². The first-order chi connectivity index (χ1) is 5.74. The van der Waals surface area contributed by atoms with Crippen molar-refractivity contribution in [2.45, 2.75) is 19.8 Å². The van der Waals surface area contributed by atoms with Crippen LogP contribution in [0.1, 0.15) is 25.3 Å². The van der Waals surface area contributed by atoms with Crippen molar-refractivity contribution in [3.63, 3.8) is 0 Å². The molecule has 0 radical (unpaired) electrons. The zero-order valence-electron chi connectivity index (χ0n) is 7.33. The molecule has 0 heterocycles. The molecule has 1 aromatic rings. The molecule has 1 rings (SSSR count). The second-order valence-electron chi connectivity index (χ2n) is 3.01. The Morgan fingerprint density at radius 3 is 2.25 bits per heavy atom. The van der Waals surface area contributed by atoms with Crippen LogP contribution in [0.3, 0.4) is 0 Å². The first-order valence-electron chi connectivity index (χ1n) is 3.99. The van der Waals surface area contributed by atoms with E-state index in [-0.39, 0.29) is 8.96 Å². The summed E-state index contributed by atoms with van der Waals surface area (Å²) in [5.74, 6) is 0.565. The minimum absolute atomic E-state index is 0.223. The molecule has 0 amide bonds. The summed E-state index contributed by atoms with van der Waals surface area (Å²) in [6.07, 6.45) is 0. The zero-order chi connectivity index (χ0) is 8.97. The van der Waals surface area contributed by atoms with Crippen molar-refractivity contribution < 1.29 is 4.89 Å². The van der Waals surface area contributed by atoms with Crippen LogP contribution in [-0.4, -0.2) is 4.89 Å². The van der Waals surface area contributed by atoms with Crippen LogP contribution in [0.25, 0.3) is 0 Å². The molecule has 0 saturated heterocycles. The van der Waals surface area contributed by atoms with Gasteiger partial charge in [0.15, 0.2) is 0 Å². The Bertz CT molecular complexity index is 233. The summed E-state index contributed by atoms with van der Waals surface area (Å²) in [4.78, 5) is 8.61. The normalized spacial score (nSPS) is 11.3. The smallest absolute Gasteiger partial charge is 0.111 e. The van der Waals surface area contributed by atoms with E-state index < -0.39 is 0 Å². The fourth-order valence-electron chi connectivity index (χ4n) is 1.02. The molecule has 3 heteroatoms. The first kappa shape index (κ1) is 9.50. The largest absolute Gasteiger partial charge is 0.357 e. The fourth-order valence-corrected chi connectivity index (χ4v) is 1.31. The van der Waals surface area contributed by atoms with Crippen LogP contribution in [0.5, 0.6) is 0 Å². The van der Waals surface area contributed by atoms with E-state index in [4.69, 9.17) is 4.89 Å². The Labute approximate surface area is 74.9 Å². The van der Waals surface area contributed by atoms with Gasteiger partial charge in [-0.2, -0.15) is 0 Å². The highest BCUT2D eigenvalue weighted by atomic mass is 31.1. The predicted octanol–water partition coefficient (Wildman–Crippen LogP) is 2.72. The van der Waals surface area contributed by atoms with E-state index in [2.05, 4.69) is 31.1 Å². The van der Waals surface area contributed by atoms with Gasteiger partial charge in [-0.05, 0) is 23.6 Å². The third-order valence-corrected chi connectivity index (χ3v) is 2.18. The van der Waals surface area contributed by atoms with Gasteiger partial charge in [-0.15, -0.1) is 0 Å². The maximum absolute atomic E-state index is 8.61. The van der Waals surface area contributed by atoms with E-state index in [9.17, 15) is 0 Å². The highest BCUT2D eigenvalue weighted by Gasteiger charge is 1.97. The summed E-state index contributed by atoms with van der Waals surface area (Å²) in [5, 5.41) is 2.86. The standard InChI is InChI=1S/C9H14NOP/c1-7(2)8-3-5-9(6-4-8)10-12-11/h3-7,10-12H,1-2H3. The predicted molar refractivity (Wildman–Crippen MR) is 54.7 cm³/mol. The van der Waals surface area contributed by atoms with Gasteiger partial charge in [0.05, 0.1) is 0 Å². The molecule has 1 atom stereocenters. The highest BCUT2D eigenvalue weighted by molar-refractivity contribution is 7.33. The van der Waals surface area contributed by atoms with E-state index in [1.807, 2.05) is 12.1 Å². The molecule has 1 unspecified atom stereocenters. The molecule has 12 heavy (non-hydrogen) atoms. The van der Waals surface area contributed by atoms with Gasteiger partial charge >= 0.3 is 0 Å². The zero-order valence-corrected chi connectivity index (χ0v) is 8.33. The monoisotopic (exact) mass is 183 g/mol. The van der Waals surface area contributed by atoms with Crippen LogP contribution in [-0.2, 0) is 0 Å². The van der Waals surface area contributed by atoms with E-state index in [0.29, 0.717) is 5.92 Å². The van der Waals surface area contributed by atoms with Crippen molar-refractivity contribution in [3.05, 3.63) is 29.8 Å². The van der Waals surface area contributed by atoms with Crippen molar-refractivity contribution >= 4 is 14.6 Å². The van der Waals surface area contributed by atoms with Crippen molar-refractivity contribution in [2.24, 2.45) is 0 Å². The number of hydrogen-bond acceptors (Lipinski definition) is 2. The summed E-state index contributed by atoms with van der Waals surface area (Å²) in [6, 6.07) is 8.12. The van der Waals surface area contributed by atoms with Crippen LogP contribution in [0, 0.1) is 0 Å². The van der Waals surface area contributed by atoms with Gasteiger partial charge in [0.2, 0.25) is 0 Å². The molecular weight excluding hydrogens is 169 g/mol. The molecule has 0 aliphatic carbocycles. The number of hydrogen-bond donors (Lipinski definition) is 2. The minimum atomic E-state index is -0.223. The Balaban J connectivity index is 2.71. The summed E-state index contributed by atoms with van der Waals surface area (Å²) in [6.45, 7) is 4.33. The summed E-state index contributed by atoms with van der Waals surface area (Å²) < 4.78 is 0. The van der Waals surface area contributed by atoms with Crippen molar-refractivity contribution in [1.29, 1.82) is 0 Å². The van der Waals surface area contributed by atoms with Crippen molar-refractivity contribution in [2.75, 3.05) is 5.09 Å². The summed E-state index contributed by atoms with van der Waals surface area (Å²) in [7, 11) is -0.223. The average molecular weight is 183 g/mol. The third kappa shape index (κ3) is 2.47. The summed E-state index contributed by atoms with van der Waals surface area (Å²) >= 11 is 0. The maximum Gasteiger partial charge on any atom is 0.111 e. The van der Waals surface area contributed by atoms with Gasteiger partial charge < -0.3 is 9.98 Å². The molecule has 0 spiro atoms. The SMILES string of the molecule is CC(C)c1ccc(NPO)cc1. The van der Waals surface area contributed by atoms with Gasteiger partial charge in [-0.1, -0.05) is 26.0 Å².